The van der Waals surface area contributed by atoms with Gasteiger partial charge < -0.3 is 29.8 Å². The molecule has 5 aromatic rings. The third-order valence-corrected chi connectivity index (χ3v) is 7.61. The van der Waals surface area contributed by atoms with E-state index in [0.717, 1.165) is 16.7 Å². The maximum absolute atomic E-state index is 12.4. The van der Waals surface area contributed by atoms with Crippen LogP contribution in [-0.4, -0.2) is 57.0 Å². The van der Waals surface area contributed by atoms with Gasteiger partial charge in [0.15, 0.2) is 17.3 Å². The van der Waals surface area contributed by atoms with Crippen LogP contribution in [0.4, 0.5) is 5.95 Å². The van der Waals surface area contributed by atoms with Crippen molar-refractivity contribution in [1.29, 1.82) is 0 Å². The highest BCUT2D eigenvalue weighted by Crippen LogP contribution is 2.47. The number of aromatic nitrogens is 4. The van der Waals surface area contributed by atoms with E-state index in [1.807, 2.05) is 91.0 Å². The van der Waals surface area contributed by atoms with E-state index in [0.29, 0.717) is 0 Å². The molecule has 4 N–H and O–H groups in total. The molecule has 0 radical (unpaired) electrons. The standard InChI is InChI=1S/C31H31N5O6/c1-39-31(40-2,26-23(37)18-24(41-26)36-19-33-25-27(36)34-29(32)35-28(25)38)42-30(20-12-6-3-7-13-20,21-14-8-4-9-15-21)22-16-10-5-11-17-22/h3-17,19,23-24,26,37H,18H2,1-2H3,(H3,32,34,35,38)/t23-,24+,26-/m0/s1. The number of anilines is 1. The first-order valence-corrected chi connectivity index (χ1v) is 13.4. The Balaban J connectivity index is 1.48. The number of imidazole rings is 1. The van der Waals surface area contributed by atoms with Crippen molar-refractivity contribution in [3.05, 3.63) is 124 Å². The molecule has 1 saturated heterocycles. The number of benzene rings is 3. The van der Waals surface area contributed by atoms with Gasteiger partial charge in [0, 0.05) is 20.6 Å². The number of hydrogen-bond acceptors (Lipinski definition) is 9. The van der Waals surface area contributed by atoms with Crippen LogP contribution in [0.15, 0.2) is 102 Å². The van der Waals surface area contributed by atoms with E-state index in [9.17, 15) is 9.90 Å². The molecule has 3 heterocycles. The number of methoxy groups -OCH3 is 2. The first kappa shape index (κ1) is 27.8. The van der Waals surface area contributed by atoms with Crippen LogP contribution in [0.1, 0.15) is 29.3 Å². The van der Waals surface area contributed by atoms with E-state index in [1.54, 1.807) is 4.57 Å². The number of aliphatic hydroxyl groups excluding tert-OH is 1. The highest BCUT2D eigenvalue weighted by Gasteiger charge is 2.57. The number of fused-ring (bicyclic) bond motifs is 1. The number of H-pyrrole nitrogens is 1. The van der Waals surface area contributed by atoms with Gasteiger partial charge in [-0.2, -0.15) is 4.98 Å². The summed E-state index contributed by atoms with van der Waals surface area (Å²) in [7, 11) is 2.88. The van der Waals surface area contributed by atoms with E-state index in [1.165, 1.54) is 20.5 Å². The average molecular weight is 570 g/mol. The van der Waals surface area contributed by atoms with Crippen LogP contribution in [0.5, 0.6) is 0 Å². The van der Waals surface area contributed by atoms with Gasteiger partial charge in [-0.1, -0.05) is 91.0 Å². The third kappa shape index (κ3) is 4.57. The van der Waals surface area contributed by atoms with E-state index < -0.39 is 35.6 Å². The molecule has 3 aromatic carbocycles. The van der Waals surface area contributed by atoms with Crippen LogP contribution in [0.2, 0.25) is 0 Å². The summed E-state index contributed by atoms with van der Waals surface area (Å²) < 4.78 is 27.1. The summed E-state index contributed by atoms with van der Waals surface area (Å²) >= 11 is 0. The van der Waals surface area contributed by atoms with Crippen molar-refractivity contribution in [2.24, 2.45) is 0 Å². The lowest BCUT2D eigenvalue weighted by atomic mass is 9.80. The first-order chi connectivity index (χ1) is 20.4. The summed E-state index contributed by atoms with van der Waals surface area (Å²) in [6.07, 6.45) is -1.48. The van der Waals surface area contributed by atoms with Crippen molar-refractivity contribution in [2.45, 2.75) is 36.4 Å². The Morgan fingerprint density at radius 3 is 1.95 bits per heavy atom. The van der Waals surface area contributed by atoms with Gasteiger partial charge in [-0.15, -0.1) is 0 Å². The van der Waals surface area contributed by atoms with Gasteiger partial charge in [0.1, 0.15) is 11.8 Å². The summed E-state index contributed by atoms with van der Waals surface area (Å²) in [5.41, 5.74) is 6.83. The number of nitrogens with two attached hydrogens (primary N) is 1. The molecular weight excluding hydrogens is 538 g/mol. The Morgan fingerprint density at radius 2 is 1.45 bits per heavy atom. The zero-order valence-corrected chi connectivity index (χ0v) is 23.1. The Hall–Kier alpha value is -4.39. The molecular formula is C31H31N5O6. The van der Waals surface area contributed by atoms with Crippen molar-refractivity contribution in [3.8, 4) is 0 Å². The maximum atomic E-state index is 12.4. The zero-order chi connectivity index (χ0) is 29.3. The summed E-state index contributed by atoms with van der Waals surface area (Å²) in [5, 5.41) is 11.4. The van der Waals surface area contributed by atoms with Crippen molar-refractivity contribution in [2.75, 3.05) is 20.0 Å². The van der Waals surface area contributed by atoms with Crippen LogP contribution in [0, 0.1) is 0 Å². The van der Waals surface area contributed by atoms with Crippen molar-refractivity contribution >= 4 is 17.1 Å². The largest absolute Gasteiger partial charge is 0.390 e. The van der Waals surface area contributed by atoms with E-state index >= 15 is 0 Å². The monoisotopic (exact) mass is 569 g/mol. The number of rotatable bonds is 9. The number of hydrogen-bond donors (Lipinski definition) is 3. The number of aliphatic hydroxyl groups is 1. The quantitative estimate of drug-likeness (QED) is 0.180. The predicted molar refractivity (Wildman–Crippen MR) is 154 cm³/mol. The van der Waals surface area contributed by atoms with Crippen LogP contribution in [-0.2, 0) is 24.5 Å². The van der Waals surface area contributed by atoms with Gasteiger partial charge >= 0.3 is 5.97 Å². The molecule has 216 valence electrons. The lowest BCUT2D eigenvalue weighted by Crippen LogP contribution is -2.57. The van der Waals surface area contributed by atoms with E-state index in [-0.39, 0.29) is 23.5 Å². The first-order valence-electron chi connectivity index (χ1n) is 13.4. The minimum absolute atomic E-state index is 0.0609. The minimum Gasteiger partial charge on any atom is -0.390 e. The lowest BCUT2D eigenvalue weighted by Gasteiger charge is -2.45. The molecule has 0 unspecified atom stereocenters. The fraction of sp³-hybridized carbons (Fsp3) is 0.258. The number of nitrogens with zero attached hydrogens (tertiary/aromatic N) is 3. The van der Waals surface area contributed by atoms with E-state index in [4.69, 9.17) is 24.7 Å². The molecule has 1 fully saturated rings. The molecule has 6 rings (SSSR count). The second-order valence-corrected chi connectivity index (χ2v) is 9.98. The third-order valence-electron chi connectivity index (χ3n) is 7.61. The highest BCUT2D eigenvalue weighted by molar-refractivity contribution is 5.70. The van der Waals surface area contributed by atoms with Gasteiger partial charge in [-0.05, 0) is 16.7 Å². The summed E-state index contributed by atoms with van der Waals surface area (Å²) in [4.78, 5) is 23.2. The number of ether oxygens (including phenoxy) is 4. The van der Waals surface area contributed by atoms with E-state index in [2.05, 4.69) is 15.0 Å². The average Bonchev–Trinajstić information content (AvgIpc) is 3.63. The minimum atomic E-state index is -1.91. The molecule has 0 spiro atoms. The highest BCUT2D eigenvalue weighted by atomic mass is 16.9. The molecule has 0 amide bonds. The molecule has 1 aliphatic rings. The molecule has 0 aliphatic carbocycles. The number of aromatic amines is 1. The molecule has 11 nitrogen and oxygen atoms in total. The van der Waals surface area contributed by atoms with Crippen LogP contribution in [0.25, 0.3) is 11.2 Å². The van der Waals surface area contributed by atoms with Gasteiger partial charge in [0.05, 0.1) is 12.4 Å². The predicted octanol–water partition coefficient (Wildman–Crippen LogP) is 3.31. The Kier molecular flexibility index (Phi) is 7.35. The second kappa shape index (κ2) is 11.1. The molecule has 42 heavy (non-hydrogen) atoms. The molecule has 3 atom stereocenters. The van der Waals surface area contributed by atoms with Crippen LogP contribution in [0.3, 0.4) is 0 Å². The molecule has 1 aliphatic heterocycles. The second-order valence-electron chi connectivity index (χ2n) is 9.98. The Labute approximate surface area is 241 Å². The molecule has 0 saturated carbocycles. The fourth-order valence-electron chi connectivity index (χ4n) is 5.66. The topological polar surface area (TPSA) is 147 Å². The molecule has 0 bridgehead atoms. The molecule has 2 aromatic heterocycles. The summed E-state index contributed by atoms with van der Waals surface area (Å²) in [5.74, 6) is -1.97. The van der Waals surface area contributed by atoms with Crippen molar-refractivity contribution in [1.82, 2.24) is 19.5 Å². The van der Waals surface area contributed by atoms with Gasteiger partial charge in [-0.3, -0.25) is 14.3 Å². The van der Waals surface area contributed by atoms with Gasteiger partial charge in [0.25, 0.3) is 5.56 Å². The number of nitrogen functional groups attached to an aromatic ring is 1. The fourth-order valence-corrected chi connectivity index (χ4v) is 5.66. The van der Waals surface area contributed by atoms with Crippen molar-refractivity contribution < 1.29 is 24.1 Å². The summed E-state index contributed by atoms with van der Waals surface area (Å²) in [6.45, 7) is 0. The van der Waals surface area contributed by atoms with Gasteiger partial charge in [0.2, 0.25) is 5.95 Å². The molecule has 11 heteroatoms. The van der Waals surface area contributed by atoms with Crippen LogP contribution < -0.4 is 11.3 Å². The lowest BCUT2D eigenvalue weighted by molar-refractivity contribution is -0.427. The summed E-state index contributed by atoms with van der Waals surface area (Å²) in [6, 6.07) is 29.2. The van der Waals surface area contributed by atoms with Crippen LogP contribution >= 0.6 is 0 Å². The smallest absolute Gasteiger partial charge is 0.314 e. The Bertz CT molecular complexity index is 1610. The zero-order valence-electron chi connectivity index (χ0n) is 23.1. The van der Waals surface area contributed by atoms with Gasteiger partial charge in [-0.25, -0.2) is 4.98 Å². The Morgan fingerprint density at radius 1 is 0.929 bits per heavy atom. The SMILES string of the molecule is COC(OC)(OC(c1ccccc1)(c1ccccc1)c1ccccc1)[C@H]1O[C@@H](n2cnc3c(=O)[nH]c(N)nc32)C[C@@H]1O. The van der Waals surface area contributed by atoms with Crippen molar-refractivity contribution in [3.63, 3.8) is 0 Å². The normalized spacial score (nSPS) is 19.4. The maximum Gasteiger partial charge on any atom is 0.314 e. The number of nitrogens with one attached hydrogen (secondary N) is 1.